The van der Waals surface area contributed by atoms with Gasteiger partial charge in [-0.05, 0) is 38.5 Å². The maximum absolute atomic E-state index is 12.6. The average Bonchev–Trinajstić information content (AvgIpc) is 2.98. The second-order valence-corrected chi connectivity index (χ2v) is 7.01. The van der Waals surface area contributed by atoms with Crippen LogP contribution in [0.15, 0.2) is 18.2 Å². The van der Waals surface area contributed by atoms with Gasteiger partial charge in [-0.2, -0.15) is 0 Å². The van der Waals surface area contributed by atoms with Gasteiger partial charge in [-0.1, -0.05) is 11.6 Å². The predicted molar refractivity (Wildman–Crippen MR) is 107 cm³/mol. The van der Waals surface area contributed by atoms with Crippen molar-refractivity contribution in [3.05, 3.63) is 54.9 Å². The molecule has 0 aliphatic heterocycles. The van der Waals surface area contributed by atoms with Crippen molar-refractivity contribution in [2.45, 2.75) is 20.8 Å². The minimum atomic E-state index is -0.716. The topological polar surface area (TPSA) is 125 Å². The number of amides is 1. The van der Waals surface area contributed by atoms with E-state index in [1.54, 1.807) is 13.8 Å². The molecule has 0 atom stereocenters. The van der Waals surface area contributed by atoms with Crippen LogP contribution in [0.1, 0.15) is 49.8 Å². The van der Waals surface area contributed by atoms with Crippen molar-refractivity contribution >= 4 is 51.5 Å². The molecule has 0 aliphatic rings. The first-order chi connectivity index (χ1) is 13.7. The van der Waals surface area contributed by atoms with E-state index < -0.39 is 28.5 Å². The Morgan fingerprint density at radius 2 is 1.79 bits per heavy atom. The smallest absolute Gasteiger partial charge is 0.348 e. The minimum absolute atomic E-state index is 0.0247. The van der Waals surface area contributed by atoms with E-state index in [4.69, 9.17) is 21.1 Å². The summed E-state index contributed by atoms with van der Waals surface area (Å²) in [5, 5.41) is 13.5. The van der Waals surface area contributed by atoms with Crippen LogP contribution in [0.5, 0.6) is 0 Å². The quantitative estimate of drug-likeness (QED) is 0.388. The number of rotatable bonds is 7. The van der Waals surface area contributed by atoms with E-state index >= 15 is 0 Å². The van der Waals surface area contributed by atoms with Crippen molar-refractivity contribution in [1.29, 1.82) is 0 Å². The lowest BCUT2D eigenvalue weighted by atomic mass is 10.1. The normalized spacial score (nSPS) is 10.3. The van der Waals surface area contributed by atoms with E-state index in [0.717, 1.165) is 17.4 Å². The maximum Gasteiger partial charge on any atom is 0.348 e. The van der Waals surface area contributed by atoms with Crippen LogP contribution in [-0.4, -0.2) is 36.0 Å². The first kappa shape index (κ1) is 22.3. The van der Waals surface area contributed by atoms with Crippen LogP contribution in [0.25, 0.3) is 0 Å². The van der Waals surface area contributed by atoms with Gasteiger partial charge in [0, 0.05) is 11.6 Å². The molecule has 0 radical (unpaired) electrons. The number of esters is 2. The summed E-state index contributed by atoms with van der Waals surface area (Å²) in [5.41, 5.74) is -0.139. The highest BCUT2D eigenvalue weighted by Gasteiger charge is 2.28. The zero-order valence-electron chi connectivity index (χ0n) is 15.7. The number of nitrogens with zero attached hydrogens (tertiary/aromatic N) is 1. The fourth-order valence-corrected chi connectivity index (χ4v) is 3.68. The monoisotopic (exact) mass is 440 g/mol. The molecule has 29 heavy (non-hydrogen) atoms. The number of ether oxygens (including phenoxy) is 2. The third-order valence-corrected chi connectivity index (χ3v) is 5.23. The van der Waals surface area contributed by atoms with E-state index in [0.29, 0.717) is 5.56 Å². The SMILES string of the molecule is CCOC(=O)c1sc(NC(=O)c2ccc(Cl)c([N+](=O)[O-])c2)c(C(=O)OCC)c1C. The van der Waals surface area contributed by atoms with Crippen molar-refractivity contribution in [2.75, 3.05) is 18.5 Å². The van der Waals surface area contributed by atoms with Crippen LogP contribution in [0.4, 0.5) is 10.7 Å². The Balaban J connectivity index is 2.45. The van der Waals surface area contributed by atoms with Gasteiger partial charge in [0.25, 0.3) is 11.6 Å². The number of thiophene rings is 1. The molecule has 1 N–H and O–H groups in total. The summed E-state index contributed by atoms with van der Waals surface area (Å²) in [6.45, 7) is 5.04. The second kappa shape index (κ2) is 9.48. The predicted octanol–water partition coefficient (Wildman–Crippen LogP) is 4.22. The Morgan fingerprint density at radius 3 is 2.38 bits per heavy atom. The number of nitro benzene ring substituents is 1. The van der Waals surface area contributed by atoms with Crippen LogP contribution < -0.4 is 5.32 Å². The van der Waals surface area contributed by atoms with E-state index in [1.165, 1.54) is 19.1 Å². The Morgan fingerprint density at radius 1 is 1.17 bits per heavy atom. The van der Waals surface area contributed by atoms with Crippen molar-refractivity contribution in [3.63, 3.8) is 0 Å². The van der Waals surface area contributed by atoms with Gasteiger partial charge in [-0.25, -0.2) is 9.59 Å². The number of halogens is 1. The number of carbonyl (C=O) groups is 3. The molecule has 0 unspecified atom stereocenters. The standard InChI is InChI=1S/C18H17ClN2O7S/c1-4-27-17(23)13-9(3)14(18(24)28-5-2)29-16(13)20-15(22)10-6-7-11(19)12(8-10)21(25)26/h6-8H,4-5H2,1-3H3,(H,20,22). The van der Waals surface area contributed by atoms with Crippen LogP contribution >= 0.6 is 22.9 Å². The molecule has 1 aromatic carbocycles. The summed E-state index contributed by atoms with van der Waals surface area (Å²) in [7, 11) is 0. The lowest BCUT2D eigenvalue weighted by Crippen LogP contribution is -2.15. The van der Waals surface area contributed by atoms with Gasteiger partial charge in [0.05, 0.1) is 23.7 Å². The van der Waals surface area contributed by atoms with Crippen LogP contribution in [0.2, 0.25) is 5.02 Å². The van der Waals surface area contributed by atoms with Crippen molar-refractivity contribution in [3.8, 4) is 0 Å². The zero-order valence-corrected chi connectivity index (χ0v) is 17.3. The number of nitro groups is 1. The molecule has 2 aromatic rings. The Kier molecular flexibility index (Phi) is 7.29. The number of carbonyl (C=O) groups excluding carboxylic acids is 3. The lowest BCUT2D eigenvalue weighted by Gasteiger charge is -2.07. The van der Waals surface area contributed by atoms with E-state index in [9.17, 15) is 24.5 Å². The van der Waals surface area contributed by atoms with E-state index in [1.807, 2.05) is 0 Å². The number of nitrogens with one attached hydrogen (secondary N) is 1. The van der Waals surface area contributed by atoms with Gasteiger partial charge in [0.15, 0.2) is 0 Å². The molecule has 0 bridgehead atoms. The molecule has 0 aliphatic carbocycles. The summed E-state index contributed by atoms with van der Waals surface area (Å²) >= 11 is 6.62. The molecule has 1 amide bonds. The van der Waals surface area contributed by atoms with Gasteiger partial charge >= 0.3 is 11.9 Å². The Hall–Kier alpha value is -2.98. The highest BCUT2D eigenvalue weighted by Crippen LogP contribution is 2.35. The number of anilines is 1. The van der Waals surface area contributed by atoms with Gasteiger partial charge in [-0.15, -0.1) is 11.3 Å². The molecule has 154 valence electrons. The molecule has 0 fully saturated rings. The van der Waals surface area contributed by atoms with Crippen LogP contribution in [0.3, 0.4) is 0 Å². The molecule has 11 heteroatoms. The summed E-state index contributed by atoms with van der Waals surface area (Å²) in [6.07, 6.45) is 0. The van der Waals surface area contributed by atoms with Crippen molar-refractivity contribution < 1.29 is 28.8 Å². The van der Waals surface area contributed by atoms with Gasteiger partial charge in [-0.3, -0.25) is 14.9 Å². The third-order valence-electron chi connectivity index (χ3n) is 3.72. The molecule has 9 nitrogen and oxygen atoms in total. The highest BCUT2D eigenvalue weighted by atomic mass is 35.5. The molecule has 1 heterocycles. The fraction of sp³-hybridized carbons (Fsp3) is 0.278. The van der Waals surface area contributed by atoms with Gasteiger partial charge in [0.2, 0.25) is 0 Å². The second-order valence-electron chi connectivity index (χ2n) is 5.58. The molecule has 0 saturated heterocycles. The van der Waals surface area contributed by atoms with E-state index in [2.05, 4.69) is 5.32 Å². The summed E-state index contributed by atoms with van der Waals surface area (Å²) in [5.74, 6) is -2.07. The summed E-state index contributed by atoms with van der Waals surface area (Å²) < 4.78 is 9.99. The highest BCUT2D eigenvalue weighted by molar-refractivity contribution is 7.18. The Labute approximate surface area is 174 Å². The number of benzene rings is 1. The van der Waals surface area contributed by atoms with Crippen LogP contribution in [0, 0.1) is 17.0 Å². The Bertz CT molecular complexity index is 987. The molecule has 0 saturated carbocycles. The van der Waals surface area contributed by atoms with Crippen LogP contribution in [-0.2, 0) is 9.47 Å². The van der Waals surface area contributed by atoms with Gasteiger partial charge in [0.1, 0.15) is 14.9 Å². The zero-order chi connectivity index (χ0) is 21.7. The molecule has 2 rings (SSSR count). The summed E-state index contributed by atoms with van der Waals surface area (Å²) in [4.78, 5) is 47.6. The third kappa shape index (κ3) is 4.90. The maximum atomic E-state index is 12.6. The first-order valence-corrected chi connectivity index (χ1v) is 9.63. The average molecular weight is 441 g/mol. The molecular formula is C18H17ClN2O7S. The van der Waals surface area contributed by atoms with Gasteiger partial charge < -0.3 is 14.8 Å². The fourth-order valence-electron chi connectivity index (χ4n) is 2.41. The van der Waals surface area contributed by atoms with E-state index in [-0.39, 0.29) is 39.2 Å². The number of hydrogen-bond acceptors (Lipinski definition) is 8. The molecular weight excluding hydrogens is 424 g/mol. The van der Waals surface area contributed by atoms with Crippen molar-refractivity contribution in [1.82, 2.24) is 0 Å². The largest absolute Gasteiger partial charge is 0.462 e. The first-order valence-electron chi connectivity index (χ1n) is 8.44. The lowest BCUT2D eigenvalue weighted by molar-refractivity contribution is -0.384. The summed E-state index contributed by atoms with van der Waals surface area (Å²) in [6, 6.07) is 3.56. The number of hydrogen-bond donors (Lipinski definition) is 1. The van der Waals surface area contributed by atoms with Crippen molar-refractivity contribution in [2.24, 2.45) is 0 Å². The minimum Gasteiger partial charge on any atom is -0.462 e. The molecule has 1 aromatic heterocycles. The molecule has 0 spiro atoms.